The van der Waals surface area contributed by atoms with Crippen LogP contribution in [0.15, 0.2) is 0 Å². The number of aliphatic carboxylic acids is 1. The van der Waals surface area contributed by atoms with Gasteiger partial charge in [0.25, 0.3) is 0 Å². The summed E-state index contributed by atoms with van der Waals surface area (Å²) in [5.41, 5.74) is 0. The van der Waals surface area contributed by atoms with Crippen molar-refractivity contribution in [3.63, 3.8) is 0 Å². The monoisotopic (exact) mass is 439 g/mol. The van der Waals surface area contributed by atoms with Crippen molar-refractivity contribution in [3.8, 4) is 0 Å². The summed E-state index contributed by atoms with van der Waals surface area (Å²) in [5.74, 6) is -0.287. The summed E-state index contributed by atoms with van der Waals surface area (Å²) >= 11 is 0. The second kappa shape index (κ2) is 24.1. The minimum absolute atomic E-state index is 0.375. The molecule has 0 unspecified atom stereocenters. The maximum absolute atomic E-state index is 11.2. The molecule has 0 saturated carbocycles. The molecule has 0 spiro atoms. The highest BCUT2D eigenvalue weighted by atomic mass is 16.4. The Morgan fingerprint density at radius 3 is 1.23 bits per heavy atom. The van der Waals surface area contributed by atoms with Crippen LogP contribution in [0.3, 0.4) is 0 Å². The molecule has 0 aliphatic heterocycles. The Balaban J connectivity index is 3.19. The van der Waals surface area contributed by atoms with Crippen molar-refractivity contribution in [3.05, 3.63) is 0 Å². The Kier molecular flexibility index (Phi) is 23.6. The molecule has 186 valence electrons. The molecule has 0 fully saturated rings. The van der Waals surface area contributed by atoms with Crippen LogP contribution < -0.4 is 5.32 Å². The zero-order valence-electron chi connectivity index (χ0n) is 21.6. The number of carboxylic acids is 1. The summed E-state index contributed by atoms with van der Waals surface area (Å²) in [6, 6.07) is -0.375. The zero-order valence-corrected chi connectivity index (χ0v) is 21.6. The van der Waals surface area contributed by atoms with Gasteiger partial charge in [0.05, 0.1) is 0 Å². The predicted octanol–water partition coefficient (Wildman–Crippen LogP) is 8.90. The Morgan fingerprint density at radius 1 is 0.613 bits per heavy atom. The lowest BCUT2D eigenvalue weighted by Gasteiger charge is -2.16. The largest absolute Gasteiger partial charge is 0.480 e. The van der Waals surface area contributed by atoms with Crippen LogP contribution in [-0.4, -0.2) is 23.7 Å². The van der Waals surface area contributed by atoms with Gasteiger partial charge in [0.15, 0.2) is 0 Å². The number of hydrogen-bond donors (Lipinski definition) is 2. The molecule has 31 heavy (non-hydrogen) atoms. The van der Waals surface area contributed by atoms with Crippen LogP contribution in [0, 0.1) is 5.92 Å². The van der Waals surface area contributed by atoms with E-state index in [4.69, 9.17) is 0 Å². The smallest absolute Gasteiger partial charge is 0.320 e. The molecular formula is C28H57NO2. The minimum Gasteiger partial charge on any atom is -0.480 e. The SMILES string of the molecule is CCCCCCCCCCCCCCCCCCCCCCN[C@@H](CC(C)C)C(=O)O. The first-order valence-corrected chi connectivity index (χ1v) is 14.0. The van der Waals surface area contributed by atoms with E-state index in [0.717, 1.165) is 13.0 Å². The number of hydrogen-bond acceptors (Lipinski definition) is 2. The molecule has 3 heteroatoms. The first kappa shape index (κ1) is 30.4. The molecule has 0 radical (unpaired) electrons. The Morgan fingerprint density at radius 2 is 0.935 bits per heavy atom. The van der Waals surface area contributed by atoms with Crippen LogP contribution >= 0.6 is 0 Å². The van der Waals surface area contributed by atoms with Crippen molar-refractivity contribution < 1.29 is 9.90 Å². The lowest BCUT2D eigenvalue weighted by Crippen LogP contribution is -2.38. The van der Waals surface area contributed by atoms with E-state index in [9.17, 15) is 9.90 Å². The van der Waals surface area contributed by atoms with Crippen molar-refractivity contribution in [1.82, 2.24) is 5.32 Å². The van der Waals surface area contributed by atoms with Crippen molar-refractivity contribution in [2.75, 3.05) is 6.54 Å². The first-order valence-electron chi connectivity index (χ1n) is 14.0. The molecule has 0 amide bonds. The van der Waals surface area contributed by atoms with Gasteiger partial charge in [-0.25, -0.2) is 0 Å². The van der Waals surface area contributed by atoms with E-state index in [2.05, 4.69) is 26.1 Å². The molecule has 2 N–H and O–H groups in total. The summed E-state index contributed by atoms with van der Waals surface area (Å²) in [5, 5.41) is 12.4. The fourth-order valence-corrected chi connectivity index (χ4v) is 4.40. The Bertz CT molecular complexity index is 370. The topological polar surface area (TPSA) is 49.3 Å². The summed E-state index contributed by atoms with van der Waals surface area (Å²) < 4.78 is 0. The number of carbonyl (C=O) groups is 1. The van der Waals surface area contributed by atoms with Crippen molar-refractivity contribution in [1.29, 1.82) is 0 Å². The van der Waals surface area contributed by atoms with Gasteiger partial charge >= 0.3 is 5.97 Å². The normalized spacial score (nSPS) is 12.5. The molecule has 0 aliphatic carbocycles. The molecule has 0 heterocycles. The Labute approximate surface area is 195 Å². The maximum atomic E-state index is 11.2. The quantitative estimate of drug-likeness (QED) is 0.140. The number of carboxylic acid groups (broad SMARTS) is 1. The van der Waals surface area contributed by atoms with E-state index < -0.39 is 5.97 Å². The highest BCUT2D eigenvalue weighted by molar-refractivity contribution is 5.73. The average Bonchev–Trinajstić information content (AvgIpc) is 2.73. The second-order valence-electron chi connectivity index (χ2n) is 10.2. The van der Waals surface area contributed by atoms with E-state index >= 15 is 0 Å². The van der Waals surface area contributed by atoms with Crippen molar-refractivity contribution in [2.45, 2.75) is 162 Å². The van der Waals surface area contributed by atoms with Gasteiger partial charge in [0.1, 0.15) is 6.04 Å². The fraction of sp³-hybridized carbons (Fsp3) is 0.964. The molecule has 0 bridgehead atoms. The van der Waals surface area contributed by atoms with Gasteiger partial charge in [-0.05, 0) is 25.3 Å². The van der Waals surface area contributed by atoms with Gasteiger partial charge in [0.2, 0.25) is 0 Å². The van der Waals surface area contributed by atoms with Gasteiger partial charge < -0.3 is 10.4 Å². The third-order valence-electron chi connectivity index (χ3n) is 6.43. The standard InChI is InChI=1S/C28H57NO2/c1-4-5-6-7-8-9-10-11-12-13-14-15-16-17-18-19-20-21-22-23-24-29-27(28(30)31)25-26(2)3/h26-27,29H,4-25H2,1-3H3,(H,30,31)/t27-/m0/s1. The molecule has 1 atom stereocenters. The number of nitrogens with one attached hydrogen (secondary N) is 1. The fourth-order valence-electron chi connectivity index (χ4n) is 4.40. The van der Waals surface area contributed by atoms with Gasteiger partial charge in [-0.3, -0.25) is 4.79 Å². The summed E-state index contributed by atoms with van der Waals surface area (Å²) in [4.78, 5) is 11.2. The van der Waals surface area contributed by atoms with Crippen molar-refractivity contribution >= 4 is 5.97 Å². The minimum atomic E-state index is -0.707. The Hall–Kier alpha value is -0.570. The van der Waals surface area contributed by atoms with E-state index in [1.807, 2.05) is 0 Å². The summed E-state index contributed by atoms with van der Waals surface area (Å²) in [7, 11) is 0. The number of unbranched alkanes of at least 4 members (excludes halogenated alkanes) is 19. The second-order valence-corrected chi connectivity index (χ2v) is 10.2. The molecule has 0 aromatic heterocycles. The van der Waals surface area contributed by atoms with Gasteiger partial charge in [-0.2, -0.15) is 0 Å². The van der Waals surface area contributed by atoms with Crippen LogP contribution in [0.4, 0.5) is 0 Å². The van der Waals surface area contributed by atoms with Gasteiger partial charge in [0, 0.05) is 0 Å². The first-order chi connectivity index (χ1) is 15.1. The molecule has 0 aliphatic rings. The van der Waals surface area contributed by atoms with Crippen molar-refractivity contribution in [2.24, 2.45) is 5.92 Å². The highest BCUT2D eigenvalue weighted by Gasteiger charge is 2.17. The lowest BCUT2D eigenvalue weighted by atomic mass is 10.0. The van der Waals surface area contributed by atoms with Gasteiger partial charge in [-0.1, -0.05) is 143 Å². The molecular weight excluding hydrogens is 382 g/mol. The van der Waals surface area contributed by atoms with E-state index in [1.54, 1.807) is 0 Å². The molecule has 3 nitrogen and oxygen atoms in total. The molecule has 0 rings (SSSR count). The molecule has 0 aromatic carbocycles. The van der Waals surface area contributed by atoms with E-state index in [1.165, 1.54) is 122 Å². The third-order valence-corrected chi connectivity index (χ3v) is 6.43. The maximum Gasteiger partial charge on any atom is 0.320 e. The molecule has 0 saturated heterocycles. The van der Waals surface area contributed by atoms with E-state index in [-0.39, 0.29) is 6.04 Å². The zero-order chi connectivity index (χ0) is 23.0. The summed E-state index contributed by atoms with van der Waals surface area (Å²) in [6.45, 7) is 7.28. The van der Waals surface area contributed by atoms with Crippen LogP contribution in [0.5, 0.6) is 0 Å². The summed E-state index contributed by atoms with van der Waals surface area (Å²) in [6.07, 6.45) is 28.6. The van der Waals surface area contributed by atoms with E-state index in [0.29, 0.717) is 12.3 Å². The van der Waals surface area contributed by atoms with Crippen LogP contribution in [0.25, 0.3) is 0 Å². The van der Waals surface area contributed by atoms with Crippen LogP contribution in [-0.2, 0) is 4.79 Å². The molecule has 0 aromatic rings. The third kappa shape index (κ3) is 23.9. The number of rotatable bonds is 25. The predicted molar refractivity (Wildman–Crippen MR) is 137 cm³/mol. The average molecular weight is 440 g/mol. The van der Waals surface area contributed by atoms with Crippen LogP contribution in [0.1, 0.15) is 156 Å². The van der Waals surface area contributed by atoms with Gasteiger partial charge in [-0.15, -0.1) is 0 Å². The lowest BCUT2D eigenvalue weighted by molar-refractivity contribution is -0.139. The highest BCUT2D eigenvalue weighted by Crippen LogP contribution is 2.15. The van der Waals surface area contributed by atoms with Crippen LogP contribution in [0.2, 0.25) is 0 Å².